The van der Waals surface area contributed by atoms with E-state index in [0.717, 1.165) is 6.42 Å². The first-order chi connectivity index (χ1) is 8.54. The van der Waals surface area contributed by atoms with Crippen LogP contribution in [0.3, 0.4) is 0 Å². The maximum absolute atomic E-state index is 11.6. The van der Waals surface area contributed by atoms with E-state index in [-0.39, 0.29) is 18.4 Å². The van der Waals surface area contributed by atoms with Crippen LogP contribution in [-0.4, -0.2) is 52.3 Å². The van der Waals surface area contributed by atoms with E-state index in [2.05, 4.69) is 5.32 Å². The van der Waals surface area contributed by atoms with Gasteiger partial charge in [0.25, 0.3) is 0 Å². The van der Waals surface area contributed by atoms with Crippen LogP contribution in [0.5, 0.6) is 0 Å². The second kappa shape index (κ2) is 7.33. The van der Waals surface area contributed by atoms with Crippen LogP contribution in [0.15, 0.2) is 0 Å². The number of likely N-dealkylation sites (tertiary alicyclic amines) is 1. The lowest BCUT2D eigenvalue weighted by molar-refractivity contribution is -0.146. The van der Waals surface area contributed by atoms with E-state index >= 15 is 0 Å². The molecular weight excluding hydrogens is 236 g/mol. The van der Waals surface area contributed by atoms with Gasteiger partial charge in [0.05, 0.1) is 6.42 Å². The minimum absolute atomic E-state index is 0.0337. The Morgan fingerprint density at radius 3 is 2.89 bits per heavy atom. The topological polar surface area (TPSA) is 89.9 Å². The largest absolute Gasteiger partial charge is 0.481 e. The summed E-state index contributed by atoms with van der Waals surface area (Å²) in [7, 11) is 0. The van der Waals surface area contributed by atoms with Crippen molar-refractivity contribution in [3.8, 4) is 0 Å². The van der Waals surface area contributed by atoms with Crippen molar-refractivity contribution >= 4 is 11.9 Å². The lowest BCUT2D eigenvalue weighted by atomic mass is 10.1. The minimum Gasteiger partial charge on any atom is -0.481 e. The predicted molar refractivity (Wildman–Crippen MR) is 65.9 cm³/mol. The normalized spacial score (nSPS) is 22.0. The summed E-state index contributed by atoms with van der Waals surface area (Å²) in [5.74, 6) is -0.897. The van der Waals surface area contributed by atoms with E-state index in [1.165, 1.54) is 4.90 Å². The van der Waals surface area contributed by atoms with Crippen LogP contribution in [0.2, 0.25) is 0 Å². The SMILES string of the molecule is CCN[C@@H](CCN1C(=O)CCCC1O)CC(=O)O. The Morgan fingerprint density at radius 1 is 1.61 bits per heavy atom. The summed E-state index contributed by atoms with van der Waals surface area (Å²) in [4.78, 5) is 23.8. The average Bonchev–Trinajstić information content (AvgIpc) is 2.27. The molecule has 1 rings (SSSR count). The Kier molecular flexibility index (Phi) is 6.07. The van der Waals surface area contributed by atoms with Crippen molar-refractivity contribution in [3.63, 3.8) is 0 Å². The first kappa shape index (κ1) is 14.9. The van der Waals surface area contributed by atoms with E-state index in [0.29, 0.717) is 32.4 Å². The average molecular weight is 258 g/mol. The molecule has 1 heterocycles. The Morgan fingerprint density at radius 2 is 2.33 bits per heavy atom. The summed E-state index contributed by atoms with van der Waals surface area (Å²) < 4.78 is 0. The molecule has 104 valence electrons. The van der Waals surface area contributed by atoms with E-state index in [1.54, 1.807) is 0 Å². The lowest BCUT2D eigenvalue weighted by Gasteiger charge is -2.33. The number of amides is 1. The van der Waals surface area contributed by atoms with Crippen LogP contribution in [0, 0.1) is 0 Å². The molecule has 0 aromatic rings. The van der Waals surface area contributed by atoms with Crippen molar-refractivity contribution in [1.29, 1.82) is 0 Å². The first-order valence-electron chi connectivity index (χ1n) is 6.47. The van der Waals surface area contributed by atoms with Gasteiger partial charge in [0.2, 0.25) is 5.91 Å². The molecule has 2 atom stereocenters. The summed E-state index contributed by atoms with van der Waals surface area (Å²) >= 11 is 0. The molecule has 3 N–H and O–H groups in total. The maximum Gasteiger partial charge on any atom is 0.304 e. The number of aliphatic hydroxyl groups excluding tert-OH is 1. The zero-order valence-corrected chi connectivity index (χ0v) is 10.8. The van der Waals surface area contributed by atoms with Gasteiger partial charge in [-0.05, 0) is 25.8 Å². The molecule has 0 aromatic heterocycles. The highest BCUT2D eigenvalue weighted by molar-refractivity contribution is 5.77. The molecule has 1 aliphatic rings. The molecule has 0 saturated carbocycles. The Bertz CT molecular complexity index is 296. The fourth-order valence-corrected chi connectivity index (χ4v) is 2.25. The second-order valence-corrected chi connectivity index (χ2v) is 4.60. The number of aliphatic hydroxyl groups is 1. The summed E-state index contributed by atoms with van der Waals surface area (Å²) in [5, 5.41) is 21.6. The molecule has 6 heteroatoms. The maximum atomic E-state index is 11.6. The molecule has 0 spiro atoms. The van der Waals surface area contributed by atoms with Crippen molar-refractivity contribution in [2.45, 2.75) is 51.3 Å². The molecule has 1 fully saturated rings. The third-order valence-corrected chi connectivity index (χ3v) is 3.17. The van der Waals surface area contributed by atoms with Crippen molar-refractivity contribution in [2.75, 3.05) is 13.1 Å². The van der Waals surface area contributed by atoms with E-state index in [9.17, 15) is 14.7 Å². The third kappa shape index (κ3) is 4.62. The highest BCUT2D eigenvalue weighted by atomic mass is 16.4. The second-order valence-electron chi connectivity index (χ2n) is 4.60. The number of hydrogen-bond donors (Lipinski definition) is 3. The molecule has 0 bridgehead atoms. The zero-order valence-electron chi connectivity index (χ0n) is 10.8. The first-order valence-corrected chi connectivity index (χ1v) is 6.47. The number of aliphatic carboxylic acids is 1. The highest BCUT2D eigenvalue weighted by Gasteiger charge is 2.26. The van der Waals surface area contributed by atoms with Crippen molar-refractivity contribution in [3.05, 3.63) is 0 Å². The van der Waals surface area contributed by atoms with E-state index in [1.807, 2.05) is 6.92 Å². The molecule has 6 nitrogen and oxygen atoms in total. The van der Waals surface area contributed by atoms with E-state index in [4.69, 9.17) is 5.11 Å². The number of rotatable bonds is 7. The fraction of sp³-hybridized carbons (Fsp3) is 0.833. The van der Waals surface area contributed by atoms with Gasteiger partial charge in [-0.3, -0.25) is 9.59 Å². The number of carbonyl (C=O) groups is 2. The summed E-state index contributed by atoms with van der Waals surface area (Å²) in [5.41, 5.74) is 0. The predicted octanol–water partition coefficient (Wildman–Crippen LogP) is 0.160. The summed E-state index contributed by atoms with van der Waals surface area (Å²) in [6, 6.07) is -0.158. The number of carbonyl (C=O) groups excluding carboxylic acids is 1. The number of nitrogens with zero attached hydrogens (tertiary/aromatic N) is 1. The van der Waals surface area contributed by atoms with Gasteiger partial charge < -0.3 is 20.4 Å². The number of carboxylic acid groups (broad SMARTS) is 1. The molecule has 18 heavy (non-hydrogen) atoms. The molecule has 1 saturated heterocycles. The molecule has 0 radical (unpaired) electrons. The van der Waals surface area contributed by atoms with Gasteiger partial charge in [-0.1, -0.05) is 6.92 Å². The zero-order chi connectivity index (χ0) is 13.5. The van der Waals surface area contributed by atoms with Gasteiger partial charge in [-0.25, -0.2) is 0 Å². The van der Waals surface area contributed by atoms with E-state index < -0.39 is 12.2 Å². The van der Waals surface area contributed by atoms with Crippen molar-refractivity contribution in [1.82, 2.24) is 10.2 Å². The molecule has 0 aliphatic carbocycles. The monoisotopic (exact) mass is 258 g/mol. The minimum atomic E-state index is -0.855. The van der Waals surface area contributed by atoms with Gasteiger partial charge in [-0.15, -0.1) is 0 Å². The molecule has 0 aromatic carbocycles. The van der Waals surface area contributed by atoms with Crippen LogP contribution in [0.25, 0.3) is 0 Å². The van der Waals surface area contributed by atoms with Gasteiger partial charge in [-0.2, -0.15) is 0 Å². The smallest absolute Gasteiger partial charge is 0.304 e. The number of carboxylic acids is 1. The number of piperidine rings is 1. The van der Waals surface area contributed by atoms with Crippen LogP contribution < -0.4 is 5.32 Å². The highest BCUT2D eigenvalue weighted by Crippen LogP contribution is 2.17. The van der Waals surface area contributed by atoms with Gasteiger partial charge in [0, 0.05) is 19.0 Å². The molecule has 1 unspecified atom stereocenters. The van der Waals surface area contributed by atoms with Gasteiger partial charge >= 0.3 is 5.97 Å². The Balaban J connectivity index is 2.44. The van der Waals surface area contributed by atoms with Crippen LogP contribution in [0.4, 0.5) is 0 Å². The molecular formula is C12H22N2O4. The standard InChI is InChI=1S/C12H22N2O4/c1-2-13-9(8-12(17)18)6-7-14-10(15)4-3-5-11(14)16/h9-10,13,15H,2-8H2,1H3,(H,17,18)/t9-,10?/m0/s1. The van der Waals surface area contributed by atoms with Gasteiger partial charge in [0.1, 0.15) is 6.23 Å². The number of hydrogen-bond acceptors (Lipinski definition) is 4. The van der Waals surface area contributed by atoms with Crippen molar-refractivity contribution in [2.24, 2.45) is 0 Å². The fourth-order valence-electron chi connectivity index (χ4n) is 2.25. The quantitative estimate of drug-likeness (QED) is 0.605. The van der Waals surface area contributed by atoms with Crippen molar-refractivity contribution < 1.29 is 19.8 Å². The Labute approximate surface area is 107 Å². The lowest BCUT2D eigenvalue weighted by Crippen LogP contribution is -2.46. The number of nitrogens with one attached hydrogen (secondary N) is 1. The van der Waals surface area contributed by atoms with Gasteiger partial charge in [0.15, 0.2) is 0 Å². The third-order valence-electron chi connectivity index (χ3n) is 3.17. The van der Waals surface area contributed by atoms with Crippen LogP contribution >= 0.6 is 0 Å². The molecule has 1 amide bonds. The van der Waals surface area contributed by atoms with Crippen LogP contribution in [-0.2, 0) is 9.59 Å². The summed E-state index contributed by atoms with van der Waals surface area (Å²) in [6.07, 6.45) is 1.67. The summed E-state index contributed by atoms with van der Waals surface area (Å²) in [6.45, 7) is 3.01. The molecule has 1 aliphatic heterocycles. The Hall–Kier alpha value is -1.14. The van der Waals surface area contributed by atoms with Crippen LogP contribution in [0.1, 0.15) is 39.0 Å².